The van der Waals surface area contributed by atoms with Crippen LogP contribution < -0.4 is 0 Å². The Morgan fingerprint density at radius 3 is 2.16 bits per heavy atom. The summed E-state index contributed by atoms with van der Waals surface area (Å²) in [5.41, 5.74) is 0.527. The maximum Gasteiger partial charge on any atom is 0.0237 e. The van der Waals surface area contributed by atoms with Crippen LogP contribution in [0.3, 0.4) is 0 Å². The first-order valence-electron chi connectivity index (χ1n) is 8.08. The van der Waals surface area contributed by atoms with Crippen LogP contribution in [-0.4, -0.2) is 40.2 Å². The fourth-order valence-corrected chi connectivity index (χ4v) is 5.35. The first-order chi connectivity index (χ1) is 8.93. The van der Waals surface area contributed by atoms with E-state index in [0.717, 1.165) is 23.8 Å². The van der Waals surface area contributed by atoms with Gasteiger partial charge >= 0.3 is 0 Å². The van der Waals surface area contributed by atoms with Crippen LogP contribution in [0.25, 0.3) is 0 Å². The van der Waals surface area contributed by atoms with E-state index in [-0.39, 0.29) is 0 Å². The molecule has 0 amide bonds. The number of hydrogen-bond donors (Lipinski definition) is 0. The fourth-order valence-electron chi connectivity index (χ4n) is 4.55. The van der Waals surface area contributed by atoms with Gasteiger partial charge in [-0.3, -0.25) is 4.90 Å². The second-order valence-corrected chi connectivity index (χ2v) is 9.54. The van der Waals surface area contributed by atoms with Gasteiger partial charge in [0.25, 0.3) is 0 Å². The largest absolute Gasteiger partial charge is 0.299 e. The highest BCUT2D eigenvalue weighted by molar-refractivity contribution is 14.1. The van der Waals surface area contributed by atoms with E-state index in [0.29, 0.717) is 5.41 Å². The summed E-state index contributed by atoms with van der Waals surface area (Å²) in [6.45, 7) is 12.7. The lowest BCUT2D eigenvalue weighted by Gasteiger charge is -2.36. The molecule has 3 atom stereocenters. The van der Waals surface area contributed by atoms with Crippen molar-refractivity contribution in [3.8, 4) is 0 Å². The molecule has 2 saturated heterocycles. The molecule has 0 bridgehead atoms. The number of fused-ring (bicyclic) bond motifs is 1. The highest BCUT2D eigenvalue weighted by Gasteiger charge is 2.45. The van der Waals surface area contributed by atoms with Crippen molar-refractivity contribution in [3.63, 3.8) is 0 Å². The second-order valence-electron chi connectivity index (χ2n) is 8.17. The van der Waals surface area contributed by atoms with Gasteiger partial charge in [-0.15, -0.1) is 0 Å². The molecule has 2 heterocycles. The molecular weight excluding hydrogens is 347 g/mol. The van der Waals surface area contributed by atoms with Gasteiger partial charge in [-0.25, -0.2) is 3.11 Å². The molecule has 0 radical (unpaired) electrons. The van der Waals surface area contributed by atoms with Crippen LogP contribution in [0.2, 0.25) is 0 Å². The number of hydrogen-bond acceptors (Lipinski definition) is 2. The van der Waals surface area contributed by atoms with Crippen LogP contribution in [0, 0.1) is 23.2 Å². The van der Waals surface area contributed by atoms with Gasteiger partial charge in [0.05, 0.1) is 0 Å². The van der Waals surface area contributed by atoms with E-state index in [1.807, 2.05) is 0 Å². The zero-order valence-electron chi connectivity index (χ0n) is 12.7. The molecular formula is C16H29IN2. The molecule has 2 nitrogen and oxygen atoms in total. The number of rotatable bonds is 1. The highest BCUT2D eigenvalue weighted by atomic mass is 127. The van der Waals surface area contributed by atoms with Crippen LogP contribution in [-0.2, 0) is 0 Å². The molecule has 3 aliphatic rings. The van der Waals surface area contributed by atoms with E-state index in [1.54, 1.807) is 0 Å². The molecule has 110 valence electrons. The molecule has 0 spiro atoms. The van der Waals surface area contributed by atoms with Crippen molar-refractivity contribution in [2.24, 2.45) is 23.2 Å². The van der Waals surface area contributed by atoms with Crippen molar-refractivity contribution < 1.29 is 0 Å². The summed E-state index contributed by atoms with van der Waals surface area (Å²) in [4.78, 5) is 2.83. The molecule has 3 unspecified atom stereocenters. The van der Waals surface area contributed by atoms with Crippen molar-refractivity contribution >= 4 is 22.9 Å². The summed E-state index contributed by atoms with van der Waals surface area (Å²) in [6.07, 6.45) is 5.81. The van der Waals surface area contributed by atoms with Gasteiger partial charge in [-0.1, -0.05) is 20.8 Å². The first kappa shape index (κ1) is 14.6. The van der Waals surface area contributed by atoms with Crippen LogP contribution in [0.5, 0.6) is 0 Å². The predicted molar refractivity (Wildman–Crippen MR) is 89.3 cm³/mol. The van der Waals surface area contributed by atoms with Gasteiger partial charge in [-0.2, -0.15) is 0 Å². The standard InChI is InChI=1S/C16H29IN2/c1-16(2,3)14-7-12-9-18(10-13(12)8-14)15-5-4-6-19(17)11-15/h12-15H,4-11H2,1-3H3. The number of likely N-dealkylation sites (tertiary alicyclic amines) is 1. The smallest absolute Gasteiger partial charge is 0.0237 e. The van der Waals surface area contributed by atoms with E-state index in [4.69, 9.17) is 0 Å². The normalized spacial score (nSPS) is 41.7. The third kappa shape index (κ3) is 3.13. The van der Waals surface area contributed by atoms with Gasteiger partial charge in [0, 0.05) is 55.1 Å². The minimum absolute atomic E-state index is 0.527. The van der Waals surface area contributed by atoms with Gasteiger partial charge in [0.1, 0.15) is 0 Å². The summed E-state index contributed by atoms with van der Waals surface area (Å²) >= 11 is 2.51. The lowest BCUT2D eigenvalue weighted by Crippen LogP contribution is -2.44. The topological polar surface area (TPSA) is 6.48 Å². The van der Waals surface area contributed by atoms with Crippen molar-refractivity contribution in [1.29, 1.82) is 0 Å². The van der Waals surface area contributed by atoms with Crippen molar-refractivity contribution in [2.45, 2.75) is 52.5 Å². The van der Waals surface area contributed by atoms with E-state index >= 15 is 0 Å². The maximum absolute atomic E-state index is 2.83. The molecule has 3 heteroatoms. The van der Waals surface area contributed by atoms with Gasteiger partial charge in [-0.05, 0) is 48.9 Å². The summed E-state index contributed by atoms with van der Waals surface area (Å²) in [7, 11) is 0. The van der Waals surface area contributed by atoms with Gasteiger partial charge in [0.2, 0.25) is 0 Å². The molecule has 0 aromatic heterocycles. The number of halogens is 1. The van der Waals surface area contributed by atoms with E-state index in [2.05, 4.69) is 51.6 Å². The lowest BCUT2D eigenvalue weighted by molar-refractivity contribution is 0.150. The Bertz CT molecular complexity index is 311. The molecule has 3 fully saturated rings. The summed E-state index contributed by atoms with van der Waals surface area (Å²) < 4.78 is 2.50. The molecule has 1 aliphatic carbocycles. The Hall–Kier alpha value is 0.650. The van der Waals surface area contributed by atoms with E-state index in [1.165, 1.54) is 51.9 Å². The Labute approximate surface area is 132 Å². The SMILES string of the molecule is CC(C)(C)C1CC2CN(C3CCCN(I)C3)CC2C1. The molecule has 0 N–H and O–H groups in total. The summed E-state index contributed by atoms with van der Waals surface area (Å²) in [5.74, 6) is 2.99. The van der Waals surface area contributed by atoms with E-state index in [9.17, 15) is 0 Å². The van der Waals surface area contributed by atoms with Crippen LogP contribution >= 0.6 is 22.9 Å². The fraction of sp³-hybridized carbons (Fsp3) is 1.00. The van der Waals surface area contributed by atoms with Gasteiger partial charge < -0.3 is 0 Å². The zero-order valence-corrected chi connectivity index (χ0v) is 14.9. The summed E-state index contributed by atoms with van der Waals surface area (Å²) in [6, 6.07) is 0.851. The molecule has 19 heavy (non-hydrogen) atoms. The average Bonchev–Trinajstić information content (AvgIpc) is 2.85. The van der Waals surface area contributed by atoms with Gasteiger partial charge in [0.15, 0.2) is 0 Å². The first-order valence-corrected chi connectivity index (χ1v) is 9.04. The Morgan fingerprint density at radius 1 is 1.00 bits per heavy atom. The Kier molecular flexibility index (Phi) is 4.18. The lowest BCUT2D eigenvalue weighted by atomic mass is 9.79. The molecule has 2 aliphatic heterocycles. The van der Waals surface area contributed by atoms with E-state index < -0.39 is 0 Å². The number of piperidine rings is 1. The Morgan fingerprint density at radius 2 is 1.63 bits per heavy atom. The minimum atomic E-state index is 0.527. The highest BCUT2D eigenvalue weighted by Crippen LogP contribution is 2.48. The quantitative estimate of drug-likeness (QED) is 0.507. The van der Waals surface area contributed by atoms with Crippen molar-refractivity contribution in [1.82, 2.24) is 8.01 Å². The van der Waals surface area contributed by atoms with Crippen LogP contribution in [0.1, 0.15) is 46.5 Å². The molecule has 0 aromatic carbocycles. The third-order valence-electron chi connectivity index (χ3n) is 5.87. The molecule has 0 aromatic rings. The molecule has 1 saturated carbocycles. The maximum atomic E-state index is 2.83. The monoisotopic (exact) mass is 376 g/mol. The predicted octanol–water partition coefficient (Wildman–Crippen LogP) is 3.80. The minimum Gasteiger partial charge on any atom is -0.299 e. The van der Waals surface area contributed by atoms with Crippen molar-refractivity contribution in [2.75, 3.05) is 26.2 Å². The second kappa shape index (κ2) is 5.45. The van der Waals surface area contributed by atoms with Crippen molar-refractivity contribution in [3.05, 3.63) is 0 Å². The van der Waals surface area contributed by atoms with Crippen LogP contribution in [0.4, 0.5) is 0 Å². The zero-order chi connectivity index (χ0) is 13.6. The third-order valence-corrected chi connectivity index (χ3v) is 6.74. The average molecular weight is 376 g/mol. The summed E-state index contributed by atoms with van der Waals surface area (Å²) in [5, 5.41) is 0. The Balaban J connectivity index is 1.56. The molecule has 3 rings (SSSR count). The number of nitrogens with zero attached hydrogens (tertiary/aromatic N) is 2. The van der Waals surface area contributed by atoms with Crippen LogP contribution in [0.15, 0.2) is 0 Å².